The van der Waals surface area contributed by atoms with Crippen LogP contribution in [0.5, 0.6) is 0 Å². The molecule has 0 fully saturated rings. The quantitative estimate of drug-likeness (QED) is 0.630. The number of esters is 1. The number of nitrogens with zero attached hydrogens (tertiary/aromatic N) is 2. The van der Waals surface area contributed by atoms with Crippen LogP contribution in [0, 0.1) is 0 Å². The van der Waals surface area contributed by atoms with E-state index in [1.807, 2.05) is 35.2 Å². The van der Waals surface area contributed by atoms with Gasteiger partial charge in [-0.2, -0.15) is 0 Å². The second kappa shape index (κ2) is 6.61. The molecule has 0 aliphatic carbocycles. The Morgan fingerprint density at radius 1 is 1.32 bits per heavy atom. The van der Waals surface area contributed by atoms with Gasteiger partial charge < -0.3 is 9.84 Å². The first-order valence-electron chi connectivity index (χ1n) is 5.95. The van der Waals surface area contributed by atoms with Gasteiger partial charge in [0.1, 0.15) is 12.7 Å². The van der Waals surface area contributed by atoms with Crippen LogP contribution in [0.4, 0.5) is 0 Å². The molecule has 0 radical (unpaired) electrons. The third-order valence-electron chi connectivity index (χ3n) is 2.50. The summed E-state index contributed by atoms with van der Waals surface area (Å²) in [4.78, 5) is 15.5. The molecular formula is C14H15N2O3+. The molecule has 0 bridgehead atoms. The van der Waals surface area contributed by atoms with Crippen molar-refractivity contribution in [3.05, 3.63) is 60.7 Å². The molecule has 0 aliphatic heterocycles. The molecule has 0 aliphatic rings. The van der Waals surface area contributed by atoms with Gasteiger partial charge >= 0.3 is 5.97 Å². The van der Waals surface area contributed by atoms with E-state index in [2.05, 4.69) is 4.98 Å². The number of carbonyl (C=O) groups excluding carboxylic acids is 1. The van der Waals surface area contributed by atoms with Crippen LogP contribution in [0.15, 0.2) is 55.1 Å². The van der Waals surface area contributed by atoms with Crippen LogP contribution in [0.25, 0.3) is 0 Å². The molecular weight excluding hydrogens is 244 g/mol. The highest BCUT2D eigenvalue weighted by Gasteiger charge is 2.14. The Labute approximate surface area is 111 Å². The number of ether oxygens (including phenoxy) is 1. The van der Waals surface area contributed by atoms with Gasteiger partial charge in [0.15, 0.2) is 18.9 Å². The van der Waals surface area contributed by atoms with Gasteiger partial charge in [0.2, 0.25) is 0 Å². The fourth-order valence-corrected chi connectivity index (χ4v) is 1.59. The Hall–Kier alpha value is -2.27. The predicted molar refractivity (Wildman–Crippen MR) is 67.2 cm³/mol. The number of carbonyl (C=O) groups is 1. The molecule has 5 nitrogen and oxygen atoms in total. The minimum Gasteiger partial charge on any atom is -0.459 e. The highest BCUT2D eigenvalue weighted by Crippen LogP contribution is 1.99. The Bertz CT molecular complexity index is 517. The molecule has 98 valence electrons. The fraction of sp³-hybridized carbons (Fsp3) is 0.214. The standard InChI is InChI=1S/C14H15N2O3/c17-13(10-16-7-2-1-3-8-16)11-19-14(18)12-5-4-6-15-9-12/h1-9,13,17H,10-11H2/q+1. The van der Waals surface area contributed by atoms with Crippen LogP contribution in [0.3, 0.4) is 0 Å². The molecule has 1 unspecified atom stereocenters. The van der Waals surface area contributed by atoms with Crippen LogP contribution in [-0.4, -0.2) is 28.8 Å². The van der Waals surface area contributed by atoms with Gasteiger partial charge in [-0.1, -0.05) is 6.07 Å². The first-order valence-corrected chi connectivity index (χ1v) is 5.95. The van der Waals surface area contributed by atoms with Crippen molar-refractivity contribution in [2.24, 2.45) is 0 Å². The van der Waals surface area contributed by atoms with E-state index in [1.165, 1.54) is 6.20 Å². The molecule has 2 aromatic heterocycles. The van der Waals surface area contributed by atoms with E-state index in [1.54, 1.807) is 18.3 Å². The summed E-state index contributed by atoms with van der Waals surface area (Å²) in [5.74, 6) is -0.481. The SMILES string of the molecule is O=C(OCC(O)C[n+]1ccccc1)c1cccnc1. The average molecular weight is 259 g/mol. The summed E-state index contributed by atoms with van der Waals surface area (Å²) in [6.45, 7) is 0.330. The maximum Gasteiger partial charge on any atom is 0.339 e. The lowest BCUT2D eigenvalue weighted by molar-refractivity contribution is -0.703. The zero-order chi connectivity index (χ0) is 13.5. The van der Waals surface area contributed by atoms with E-state index in [4.69, 9.17) is 4.74 Å². The van der Waals surface area contributed by atoms with Crippen LogP contribution >= 0.6 is 0 Å². The second-order valence-electron chi connectivity index (χ2n) is 4.07. The van der Waals surface area contributed by atoms with E-state index in [0.29, 0.717) is 12.1 Å². The molecule has 0 saturated heterocycles. The summed E-state index contributed by atoms with van der Waals surface area (Å²) in [5, 5.41) is 9.78. The molecule has 0 spiro atoms. The molecule has 1 atom stereocenters. The van der Waals surface area contributed by atoms with Gasteiger partial charge in [-0.05, 0) is 12.1 Å². The third kappa shape index (κ3) is 4.15. The predicted octanol–water partition coefficient (Wildman–Crippen LogP) is 0.587. The maximum absolute atomic E-state index is 11.6. The summed E-state index contributed by atoms with van der Waals surface area (Å²) in [6, 6.07) is 8.91. The smallest absolute Gasteiger partial charge is 0.339 e. The van der Waals surface area contributed by atoms with Crippen LogP contribution < -0.4 is 4.57 Å². The summed E-state index contributed by atoms with van der Waals surface area (Å²) >= 11 is 0. The van der Waals surface area contributed by atoms with E-state index < -0.39 is 12.1 Å². The Morgan fingerprint density at radius 2 is 2.11 bits per heavy atom. The van der Waals surface area contributed by atoms with Crippen molar-refractivity contribution in [1.29, 1.82) is 0 Å². The zero-order valence-corrected chi connectivity index (χ0v) is 10.3. The zero-order valence-electron chi connectivity index (χ0n) is 10.3. The van der Waals surface area contributed by atoms with Crippen molar-refractivity contribution in [3.8, 4) is 0 Å². The summed E-state index contributed by atoms with van der Waals surface area (Å²) in [5.41, 5.74) is 0.377. The van der Waals surface area contributed by atoms with E-state index in [-0.39, 0.29) is 6.61 Å². The lowest BCUT2D eigenvalue weighted by Crippen LogP contribution is -2.41. The first-order chi connectivity index (χ1) is 9.25. The Kier molecular flexibility index (Phi) is 4.58. The number of rotatable bonds is 5. The van der Waals surface area contributed by atoms with Crippen molar-refractivity contribution in [2.75, 3.05) is 6.61 Å². The normalized spacial score (nSPS) is 11.8. The van der Waals surface area contributed by atoms with Crippen LogP contribution in [0.2, 0.25) is 0 Å². The number of hydrogen-bond acceptors (Lipinski definition) is 4. The number of pyridine rings is 2. The molecule has 2 heterocycles. The minimum atomic E-state index is -0.743. The van der Waals surface area contributed by atoms with Crippen molar-refractivity contribution in [1.82, 2.24) is 4.98 Å². The molecule has 0 amide bonds. The fourth-order valence-electron chi connectivity index (χ4n) is 1.59. The Balaban J connectivity index is 1.81. The monoisotopic (exact) mass is 259 g/mol. The van der Waals surface area contributed by atoms with E-state index in [0.717, 1.165) is 0 Å². The topological polar surface area (TPSA) is 63.3 Å². The van der Waals surface area contributed by atoms with Gasteiger partial charge in [0, 0.05) is 24.5 Å². The average Bonchev–Trinajstić information content (AvgIpc) is 2.47. The van der Waals surface area contributed by atoms with Crippen LogP contribution in [0.1, 0.15) is 10.4 Å². The number of aliphatic hydroxyl groups excluding tert-OH is 1. The van der Waals surface area contributed by atoms with Crippen molar-refractivity contribution in [3.63, 3.8) is 0 Å². The summed E-state index contributed by atoms with van der Waals surface area (Å²) in [6.07, 6.45) is 5.95. The highest BCUT2D eigenvalue weighted by molar-refractivity contribution is 5.88. The van der Waals surface area contributed by atoms with Gasteiger partial charge in [-0.3, -0.25) is 4.98 Å². The van der Waals surface area contributed by atoms with Gasteiger partial charge in [-0.15, -0.1) is 0 Å². The second-order valence-corrected chi connectivity index (χ2v) is 4.07. The van der Waals surface area contributed by atoms with E-state index in [9.17, 15) is 9.90 Å². The lowest BCUT2D eigenvalue weighted by atomic mass is 10.3. The molecule has 5 heteroatoms. The molecule has 19 heavy (non-hydrogen) atoms. The highest BCUT2D eigenvalue weighted by atomic mass is 16.5. The Morgan fingerprint density at radius 3 is 2.79 bits per heavy atom. The first kappa shape index (κ1) is 13.2. The number of aliphatic hydroxyl groups is 1. The lowest BCUT2D eigenvalue weighted by Gasteiger charge is -2.08. The molecule has 2 aromatic rings. The van der Waals surface area contributed by atoms with Crippen molar-refractivity contribution in [2.45, 2.75) is 12.6 Å². The van der Waals surface area contributed by atoms with E-state index >= 15 is 0 Å². The largest absolute Gasteiger partial charge is 0.459 e. The summed E-state index contributed by atoms with van der Waals surface area (Å²) < 4.78 is 6.84. The maximum atomic E-state index is 11.6. The molecule has 1 N–H and O–H groups in total. The summed E-state index contributed by atoms with van der Waals surface area (Å²) in [7, 11) is 0. The molecule has 2 rings (SSSR count). The number of aromatic nitrogens is 2. The third-order valence-corrected chi connectivity index (χ3v) is 2.50. The minimum absolute atomic E-state index is 0.0460. The molecule has 0 aromatic carbocycles. The van der Waals surface area contributed by atoms with Gasteiger partial charge in [0.25, 0.3) is 0 Å². The number of hydrogen-bond donors (Lipinski definition) is 1. The van der Waals surface area contributed by atoms with Crippen molar-refractivity contribution < 1.29 is 19.2 Å². The van der Waals surface area contributed by atoms with Crippen molar-refractivity contribution >= 4 is 5.97 Å². The molecule has 0 saturated carbocycles. The van der Waals surface area contributed by atoms with Gasteiger partial charge in [0.05, 0.1) is 5.56 Å². The van der Waals surface area contributed by atoms with Gasteiger partial charge in [-0.25, -0.2) is 9.36 Å². The van der Waals surface area contributed by atoms with Crippen LogP contribution in [-0.2, 0) is 11.3 Å².